The molecule has 0 unspecified atom stereocenters. The number of rotatable bonds is 9. The van der Waals surface area contributed by atoms with Crippen molar-refractivity contribution in [1.29, 1.82) is 0 Å². The lowest BCUT2D eigenvalue weighted by atomic mass is 9.94. The van der Waals surface area contributed by atoms with E-state index in [-0.39, 0.29) is 22.8 Å². The highest BCUT2D eigenvalue weighted by Gasteiger charge is 2.50. The number of benzene rings is 3. The summed E-state index contributed by atoms with van der Waals surface area (Å²) in [7, 11) is -2.56. The molecule has 2 atom stereocenters. The normalized spacial score (nSPS) is 14.0. The summed E-state index contributed by atoms with van der Waals surface area (Å²) in [4.78, 5) is 12.8. The topological polar surface area (TPSA) is 26.3 Å². The average molecular weight is 445 g/mol. The summed E-state index contributed by atoms with van der Waals surface area (Å²) < 4.78 is 7.14. The van der Waals surface area contributed by atoms with Gasteiger partial charge in [-0.3, -0.25) is 4.79 Å². The van der Waals surface area contributed by atoms with Crippen molar-refractivity contribution in [2.75, 3.05) is 0 Å². The molecule has 168 valence electrons. The van der Waals surface area contributed by atoms with Crippen LogP contribution in [0.1, 0.15) is 57.8 Å². The first-order valence-corrected chi connectivity index (χ1v) is 13.5. The fourth-order valence-corrected chi connectivity index (χ4v) is 9.29. The van der Waals surface area contributed by atoms with Gasteiger partial charge in [0.2, 0.25) is 0 Å². The Kier molecular flexibility index (Phi) is 7.86. The molecule has 0 saturated heterocycles. The number of hydrogen-bond acceptors (Lipinski definition) is 2. The van der Waals surface area contributed by atoms with E-state index in [1.807, 2.05) is 37.3 Å². The van der Waals surface area contributed by atoms with Crippen molar-refractivity contribution in [1.82, 2.24) is 0 Å². The monoisotopic (exact) mass is 444 g/mol. The molecule has 3 aromatic rings. The molecule has 0 heterocycles. The minimum absolute atomic E-state index is 0.0254. The van der Waals surface area contributed by atoms with Crippen LogP contribution in [0.2, 0.25) is 5.04 Å². The molecule has 0 radical (unpaired) electrons. The van der Waals surface area contributed by atoms with Crippen molar-refractivity contribution in [3.05, 3.63) is 96.6 Å². The van der Waals surface area contributed by atoms with E-state index in [1.165, 1.54) is 10.4 Å². The Labute approximate surface area is 194 Å². The zero-order valence-corrected chi connectivity index (χ0v) is 21.0. The lowest BCUT2D eigenvalue weighted by molar-refractivity contribution is 0.0911. The van der Waals surface area contributed by atoms with Crippen LogP contribution in [-0.4, -0.2) is 20.2 Å². The lowest BCUT2D eigenvalue weighted by Gasteiger charge is -2.44. The van der Waals surface area contributed by atoms with Gasteiger partial charge >= 0.3 is 0 Å². The number of carbonyl (C=O) groups is 1. The minimum atomic E-state index is -2.56. The Hall–Kier alpha value is -2.49. The van der Waals surface area contributed by atoms with Crippen LogP contribution in [0, 0.1) is 5.92 Å². The van der Waals surface area contributed by atoms with Gasteiger partial charge in [0, 0.05) is 17.6 Å². The van der Waals surface area contributed by atoms with E-state index in [9.17, 15) is 4.79 Å². The van der Waals surface area contributed by atoms with Crippen molar-refractivity contribution in [2.24, 2.45) is 5.92 Å². The van der Waals surface area contributed by atoms with Crippen molar-refractivity contribution in [2.45, 2.75) is 58.6 Å². The van der Waals surface area contributed by atoms with Gasteiger partial charge in [-0.15, -0.1) is 0 Å². The van der Waals surface area contributed by atoms with Crippen LogP contribution in [0.5, 0.6) is 0 Å². The molecule has 3 rings (SSSR count). The second-order valence-electron chi connectivity index (χ2n) is 9.80. The van der Waals surface area contributed by atoms with Crippen LogP contribution >= 0.6 is 0 Å². The molecule has 0 saturated carbocycles. The van der Waals surface area contributed by atoms with E-state index >= 15 is 0 Å². The number of hydrogen-bond donors (Lipinski definition) is 0. The summed E-state index contributed by atoms with van der Waals surface area (Å²) in [5.74, 6) is 0.186. The van der Waals surface area contributed by atoms with Gasteiger partial charge in [-0.05, 0) is 35.2 Å². The number of Topliss-reactive ketones (excluding diaryl/α,β-unsaturated/α-hetero) is 1. The highest BCUT2D eigenvalue weighted by atomic mass is 28.4. The first-order chi connectivity index (χ1) is 15.3. The predicted molar refractivity (Wildman–Crippen MR) is 137 cm³/mol. The summed E-state index contributed by atoms with van der Waals surface area (Å²) in [5, 5.41) is 2.54. The molecule has 0 bridgehead atoms. The third-order valence-electron chi connectivity index (χ3n) is 6.31. The van der Waals surface area contributed by atoms with Crippen LogP contribution in [-0.2, 0) is 4.43 Å². The maximum atomic E-state index is 12.8. The maximum Gasteiger partial charge on any atom is 0.261 e. The standard InChI is InChI=1S/C29H36O2Si/c1-23(28(30)25-15-9-6-10-16-25)21-22-24(2)31-32(29(3,4)5,26-17-11-7-12-18-26)27-19-13-8-14-20-27/h6-20,23-24H,21-22H2,1-5H3/t23-,24-/m1/s1. The summed E-state index contributed by atoms with van der Waals surface area (Å²) in [6, 6.07) is 31.1. The highest BCUT2D eigenvalue weighted by Crippen LogP contribution is 2.38. The van der Waals surface area contributed by atoms with Crippen molar-refractivity contribution < 1.29 is 9.22 Å². The summed E-state index contributed by atoms with van der Waals surface area (Å²) in [6.45, 7) is 11.1. The molecule has 3 aromatic carbocycles. The molecular weight excluding hydrogens is 408 g/mol. The Morgan fingerprint density at radius 3 is 1.62 bits per heavy atom. The minimum Gasteiger partial charge on any atom is -0.405 e. The summed E-state index contributed by atoms with van der Waals surface area (Å²) in [6.07, 6.45) is 1.71. The van der Waals surface area contributed by atoms with E-state index in [4.69, 9.17) is 4.43 Å². The number of carbonyl (C=O) groups excluding carboxylic acids is 1. The quantitative estimate of drug-likeness (QED) is 0.288. The highest BCUT2D eigenvalue weighted by molar-refractivity contribution is 6.99. The zero-order valence-electron chi connectivity index (χ0n) is 20.0. The van der Waals surface area contributed by atoms with E-state index in [2.05, 4.69) is 88.4 Å². The van der Waals surface area contributed by atoms with Gasteiger partial charge in [0.1, 0.15) is 0 Å². The molecule has 0 aromatic heterocycles. The molecule has 0 aliphatic rings. The molecule has 0 aliphatic heterocycles. The van der Waals surface area contributed by atoms with E-state index in [1.54, 1.807) is 0 Å². The van der Waals surface area contributed by atoms with Gasteiger partial charge in [-0.1, -0.05) is 119 Å². The second kappa shape index (κ2) is 10.4. The van der Waals surface area contributed by atoms with E-state index in [0.717, 1.165) is 18.4 Å². The third-order valence-corrected chi connectivity index (χ3v) is 11.5. The molecule has 3 heteroatoms. The Balaban J connectivity index is 1.84. The van der Waals surface area contributed by atoms with Crippen molar-refractivity contribution >= 4 is 24.5 Å². The van der Waals surface area contributed by atoms with Gasteiger partial charge < -0.3 is 4.43 Å². The Bertz CT molecular complexity index is 938. The Morgan fingerprint density at radius 2 is 1.19 bits per heavy atom. The SMILES string of the molecule is C[C@H](CC[C@@H](C)C(=O)c1ccccc1)O[Si](c1ccccc1)(c1ccccc1)C(C)(C)C. The third kappa shape index (κ3) is 5.28. The second-order valence-corrected chi connectivity index (χ2v) is 14.1. The molecular formula is C29H36O2Si. The fourth-order valence-electron chi connectivity index (χ4n) is 4.55. The van der Waals surface area contributed by atoms with E-state index in [0.29, 0.717) is 0 Å². The fraction of sp³-hybridized carbons (Fsp3) is 0.345. The smallest absolute Gasteiger partial charge is 0.261 e. The van der Waals surface area contributed by atoms with Gasteiger partial charge in [-0.2, -0.15) is 0 Å². The van der Waals surface area contributed by atoms with Gasteiger partial charge in [0.15, 0.2) is 5.78 Å². The largest absolute Gasteiger partial charge is 0.405 e. The van der Waals surface area contributed by atoms with E-state index < -0.39 is 8.32 Å². The summed E-state index contributed by atoms with van der Waals surface area (Å²) in [5.41, 5.74) is 0.792. The molecule has 0 fully saturated rings. The molecule has 0 amide bonds. The van der Waals surface area contributed by atoms with Crippen LogP contribution in [0.25, 0.3) is 0 Å². The van der Waals surface area contributed by atoms with Crippen LogP contribution < -0.4 is 10.4 Å². The summed E-state index contributed by atoms with van der Waals surface area (Å²) >= 11 is 0. The predicted octanol–water partition coefficient (Wildman–Crippen LogP) is 6.25. The number of ketones is 1. The zero-order chi connectivity index (χ0) is 23.2. The van der Waals surface area contributed by atoms with Crippen LogP contribution in [0.4, 0.5) is 0 Å². The van der Waals surface area contributed by atoms with Crippen molar-refractivity contribution in [3.8, 4) is 0 Å². The van der Waals surface area contributed by atoms with Gasteiger partial charge in [0.05, 0.1) is 0 Å². The molecule has 0 spiro atoms. The molecule has 32 heavy (non-hydrogen) atoms. The van der Waals surface area contributed by atoms with Crippen LogP contribution in [0.3, 0.4) is 0 Å². The lowest BCUT2D eigenvalue weighted by Crippen LogP contribution is -2.67. The molecule has 0 aliphatic carbocycles. The van der Waals surface area contributed by atoms with Crippen molar-refractivity contribution in [3.63, 3.8) is 0 Å². The van der Waals surface area contributed by atoms with Crippen LogP contribution in [0.15, 0.2) is 91.0 Å². The van der Waals surface area contributed by atoms with Gasteiger partial charge in [0.25, 0.3) is 8.32 Å². The maximum absolute atomic E-state index is 12.8. The first kappa shape index (κ1) is 24.2. The average Bonchev–Trinajstić information content (AvgIpc) is 2.81. The van der Waals surface area contributed by atoms with Gasteiger partial charge in [-0.25, -0.2) is 0 Å². The Morgan fingerprint density at radius 1 is 0.750 bits per heavy atom. The molecule has 2 nitrogen and oxygen atoms in total. The first-order valence-electron chi connectivity index (χ1n) is 11.6. The molecule has 0 N–H and O–H groups in total.